The molecule has 1 aromatic carbocycles. The molecule has 1 heterocycles. The van der Waals surface area contributed by atoms with Gasteiger partial charge >= 0.3 is 0 Å². The molecule has 0 aliphatic heterocycles. The van der Waals surface area contributed by atoms with Gasteiger partial charge in [0.15, 0.2) is 0 Å². The number of nitrogens with one attached hydrogen (secondary N) is 1. The normalized spacial score (nSPS) is 11.7. The quantitative estimate of drug-likeness (QED) is 0.820. The Balaban J connectivity index is 2.09. The molecule has 0 radical (unpaired) electrons. The van der Waals surface area contributed by atoms with Crippen molar-refractivity contribution in [3.63, 3.8) is 0 Å². The summed E-state index contributed by atoms with van der Waals surface area (Å²) in [5.41, 5.74) is 1.22. The first kappa shape index (κ1) is 14.7. The lowest BCUT2D eigenvalue weighted by Gasteiger charge is -2.10. The standard InChI is InChI=1S/C13H17N3O3S/c1-11-3-4-12(10-17)9-13(11)20(18,19)15-6-8-16-7-2-5-14-16/h2-5,7,9,15,17H,6,8,10H2,1H3. The van der Waals surface area contributed by atoms with E-state index in [9.17, 15) is 8.42 Å². The van der Waals surface area contributed by atoms with Crippen molar-refractivity contribution in [2.45, 2.75) is 25.0 Å². The van der Waals surface area contributed by atoms with Gasteiger partial charge in [-0.05, 0) is 30.2 Å². The van der Waals surface area contributed by atoms with Gasteiger partial charge in [0, 0.05) is 18.9 Å². The van der Waals surface area contributed by atoms with E-state index >= 15 is 0 Å². The Labute approximate surface area is 118 Å². The lowest BCUT2D eigenvalue weighted by atomic mass is 10.2. The fraction of sp³-hybridized carbons (Fsp3) is 0.308. The Bertz CT molecular complexity index is 666. The largest absolute Gasteiger partial charge is 0.392 e. The Morgan fingerprint density at radius 2 is 2.20 bits per heavy atom. The van der Waals surface area contributed by atoms with Crippen LogP contribution < -0.4 is 4.72 Å². The molecule has 2 rings (SSSR count). The zero-order valence-electron chi connectivity index (χ0n) is 11.2. The predicted octanol–water partition coefficient (Wildman–Crippen LogP) is 0.662. The molecule has 6 nitrogen and oxygen atoms in total. The minimum atomic E-state index is -3.58. The summed E-state index contributed by atoms with van der Waals surface area (Å²) >= 11 is 0. The highest BCUT2D eigenvalue weighted by Crippen LogP contribution is 2.16. The molecule has 0 spiro atoms. The third kappa shape index (κ3) is 3.44. The average molecular weight is 295 g/mol. The molecular formula is C13H17N3O3S. The summed E-state index contributed by atoms with van der Waals surface area (Å²) in [7, 11) is -3.58. The van der Waals surface area contributed by atoms with Gasteiger partial charge in [-0.15, -0.1) is 0 Å². The molecule has 0 aliphatic rings. The SMILES string of the molecule is Cc1ccc(CO)cc1S(=O)(=O)NCCn1cccn1. The number of aryl methyl sites for hydroxylation is 1. The second kappa shape index (κ2) is 6.17. The highest BCUT2D eigenvalue weighted by atomic mass is 32.2. The zero-order valence-corrected chi connectivity index (χ0v) is 12.0. The first-order chi connectivity index (χ1) is 9.53. The van der Waals surface area contributed by atoms with Crippen molar-refractivity contribution in [1.82, 2.24) is 14.5 Å². The summed E-state index contributed by atoms with van der Waals surface area (Å²) in [5.74, 6) is 0. The zero-order chi connectivity index (χ0) is 14.6. The van der Waals surface area contributed by atoms with E-state index < -0.39 is 10.0 Å². The average Bonchev–Trinajstić information content (AvgIpc) is 2.92. The molecule has 0 bridgehead atoms. The van der Waals surface area contributed by atoms with Crippen molar-refractivity contribution in [3.05, 3.63) is 47.8 Å². The summed E-state index contributed by atoms with van der Waals surface area (Å²) in [6.07, 6.45) is 3.41. The topological polar surface area (TPSA) is 84.2 Å². The second-order valence-corrected chi connectivity index (χ2v) is 6.16. The third-order valence-corrected chi connectivity index (χ3v) is 4.52. The van der Waals surface area contributed by atoms with E-state index in [4.69, 9.17) is 5.11 Å². The molecule has 0 saturated heterocycles. The highest BCUT2D eigenvalue weighted by molar-refractivity contribution is 7.89. The van der Waals surface area contributed by atoms with Crippen molar-refractivity contribution in [2.24, 2.45) is 0 Å². The number of hydrogen-bond donors (Lipinski definition) is 2. The van der Waals surface area contributed by atoms with Gasteiger partial charge in [-0.1, -0.05) is 12.1 Å². The maximum atomic E-state index is 12.2. The summed E-state index contributed by atoms with van der Waals surface area (Å²) < 4.78 is 28.6. The molecule has 2 N–H and O–H groups in total. The van der Waals surface area contributed by atoms with E-state index in [0.29, 0.717) is 17.7 Å². The number of benzene rings is 1. The molecule has 2 aromatic rings. The van der Waals surface area contributed by atoms with Crippen molar-refractivity contribution in [3.8, 4) is 0 Å². The molecule has 0 atom stereocenters. The first-order valence-corrected chi connectivity index (χ1v) is 7.69. The van der Waals surface area contributed by atoms with Gasteiger partial charge in [0.25, 0.3) is 0 Å². The number of sulfonamides is 1. The van der Waals surface area contributed by atoms with Crippen molar-refractivity contribution in [1.29, 1.82) is 0 Å². The minimum absolute atomic E-state index is 0.184. The lowest BCUT2D eigenvalue weighted by molar-refractivity contribution is 0.281. The molecule has 0 unspecified atom stereocenters. The van der Waals surface area contributed by atoms with Gasteiger partial charge < -0.3 is 5.11 Å². The minimum Gasteiger partial charge on any atom is -0.392 e. The third-order valence-electron chi connectivity index (χ3n) is 2.92. The van der Waals surface area contributed by atoms with Gasteiger partial charge in [-0.25, -0.2) is 13.1 Å². The van der Waals surface area contributed by atoms with Crippen LogP contribution in [0.1, 0.15) is 11.1 Å². The highest BCUT2D eigenvalue weighted by Gasteiger charge is 2.16. The maximum absolute atomic E-state index is 12.2. The van der Waals surface area contributed by atoms with Crippen LogP contribution in [0.2, 0.25) is 0 Å². The number of aliphatic hydroxyl groups is 1. The van der Waals surface area contributed by atoms with Crippen LogP contribution in [0.5, 0.6) is 0 Å². The molecule has 0 aliphatic carbocycles. The number of aromatic nitrogens is 2. The van der Waals surface area contributed by atoms with Gasteiger partial charge in [-0.2, -0.15) is 5.10 Å². The van der Waals surface area contributed by atoms with E-state index in [1.54, 1.807) is 42.2 Å². The fourth-order valence-corrected chi connectivity index (χ4v) is 3.15. The van der Waals surface area contributed by atoms with Crippen molar-refractivity contribution in [2.75, 3.05) is 6.54 Å². The van der Waals surface area contributed by atoms with Gasteiger partial charge in [0.1, 0.15) is 0 Å². The first-order valence-electron chi connectivity index (χ1n) is 6.20. The van der Waals surface area contributed by atoms with Crippen LogP contribution in [0.3, 0.4) is 0 Å². The predicted molar refractivity (Wildman–Crippen MR) is 74.5 cm³/mol. The van der Waals surface area contributed by atoms with Crippen LogP contribution in [-0.2, 0) is 23.2 Å². The van der Waals surface area contributed by atoms with E-state index in [-0.39, 0.29) is 18.0 Å². The summed E-state index contributed by atoms with van der Waals surface area (Å²) in [5, 5.41) is 13.1. The second-order valence-electron chi connectivity index (χ2n) is 4.42. The molecule has 0 amide bonds. The smallest absolute Gasteiger partial charge is 0.240 e. The van der Waals surface area contributed by atoms with Crippen molar-refractivity contribution < 1.29 is 13.5 Å². The maximum Gasteiger partial charge on any atom is 0.240 e. The lowest BCUT2D eigenvalue weighted by Crippen LogP contribution is -2.28. The molecule has 108 valence electrons. The molecule has 0 fully saturated rings. The molecular weight excluding hydrogens is 278 g/mol. The van der Waals surface area contributed by atoms with Crippen LogP contribution in [0.4, 0.5) is 0 Å². The monoisotopic (exact) mass is 295 g/mol. The molecule has 1 aromatic heterocycles. The number of aliphatic hydroxyl groups excluding tert-OH is 1. The number of nitrogens with zero attached hydrogens (tertiary/aromatic N) is 2. The Hall–Kier alpha value is -1.70. The van der Waals surface area contributed by atoms with Crippen LogP contribution in [0, 0.1) is 6.92 Å². The summed E-state index contributed by atoms with van der Waals surface area (Å²) in [6, 6.07) is 6.67. The van der Waals surface area contributed by atoms with Crippen LogP contribution in [-0.4, -0.2) is 29.8 Å². The fourth-order valence-electron chi connectivity index (χ4n) is 1.84. The van der Waals surface area contributed by atoms with Crippen LogP contribution in [0.15, 0.2) is 41.6 Å². The van der Waals surface area contributed by atoms with E-state index in [0.717, 1.165) is 0 Å². The Morgan fingerprint density at radius 3 is 2.85 bits per heavy atom. The van der Waals surface area contributed by atoms with Gasteiger partial charge in [0.2, 0.25) is 10.0 Å². The van der Waals surface area contributed by atoms with E-state index in [1.807, 2.05) is 0 Å². The van der Waals surface area contributed by atoms with E-state index in [2.05, 4.69) is 9.82 Å². The Kier molecular flexibility index (Phi) is 4.53. The molecule has 20 heavy (non-hydrogen) atoms. The number of rotatable bonds is 6. The van der Waals surface area contributed by atoms with Gasteiger partial charge in [0.05, 0.1) is 18.0 Å². The van der Waals surface area contributed by atoms with Crippen molar-refractivity contribution >= 4 is 10.0 Å². The van der Waals surface area contributed by atoms with Crippen LogP contribution in [0.25, 0.3) is 0 Å². The van der Waals surface area contributed by atoms with Gasteiger partial charge in [-0.3, -0.25) is 4.68 Å². The Morgan fingerprint density at radius 1 is 1.40 bits per heavy atom. The summed E-state index contributed by atoms with van der Waals surface area (Å²) in [4.78, 5) is 0.199. The summed E-state index contributed by atoms with van der Waals surface area (Å²) in [6.45, 7) is 2.26. The van der Waals surface area contributed by atoms with Crippen LogP contribution >= 0.6 is 0 Å². The molecule has 0 saturated carbocycles. The number of hydrogen-bond acceptors (Lipinski definition) is 4. The van der Waals surface area contributed by atoms with E-state index in [1.165, 1.54) is 6.07 Å². The molecule has 7 heteroatoms.